The van der Waals surface area contributed by atoms with Gasteiger partial charge in [-0.3, -0.25) is 0 Å². The molecule has 1 N–H and O–H groups in total. The van der Waals surface area contributed by atoms with Gasteiger partial charge in [0.15, 0.2) is 5.75 Å². The molecule has 19 heavy (non-hydrogen) atoms. The lowest BCUT2D eigenvalue weighted by molar-refractivity contribution is 0.276. The molecule has 0 saturated carbocycles. The van der Waals surface area contributed by atoms with Crippen molar-refractivity contribution in [3.8, 4) is 11.5 Å². The van der Waals surface area contributed by atoms with Gasteiger partial charge < -0.3 is 9.84 Å². The fraction of sp³-hybridized carbons (Fsp3) is 0.0769. The summed E-state index contributed by atoms with van der Waals surface area (Å²) in [5.74, 6) is 0.740. The van der Waals surface area contributed by atoms with Crippen LogP contribution < -0.4 is 4.74 Å². The molecule has 0 unspecified atom stereocenters. The van der Waals surface area contributed by atoms with Crippen molar-refractivity contribution >= 4 is 50.7 Å². The molecule has 0 atom stereocenters. The van der Waals surface area contributed by atoms with E-state index >= 15 is 0 Å². The average molecular weight is 382 g/mol. The van der Waals surface area contributed by atoms with Gasteiger partial charge in [-0.2, -0.15) is 0 Å². The number of rotatable bonds is 3. The van der Waals surface area contributed by atoms with E-state index in [2.05, 4.69) is 15.9 Å². The normalized spacial score (nSPS) is 10.6. The van der Waals surface area contributed by atoms with Gasteiger partial charge in [0.1, 0.15) is 5.75 Å². The minimum absolute atomic E-state index is 0.183. The third kappa shape index (κ3) is 3.36. The molecule has 0 aromatic heterocycles. The van der Waals surface area contributed by atoms with Crippen LogP contribution in [0.3, 0.4) is 0 Å². The van der Waals surface area contributed by atoms with Gasteiger partial charge in [-0.25, -0.2) is 0 Å². The molecular weight excluding hydrogens is 374 g/mol. The van der Waals surface area contributed by atoms with E-state index in [0.717, 1.165) is 0 Å². The molecule has 0 spiro atoms. The summed E-state index contributed by atoms with van der Waals surface area (Å²) in [6.45, 7) is -0.183. The first-order valence-electron chi connectivity index (χ1n) is 5.23. The van der Waals surface area contributed by atoms with Crippen molar-refractivity contribution in [2.75, 3.05) is 0 Å². The lowest BCUT2D eigenvalue weighted by Gasteiger charge is -2.13. The minimum atomic E-state index is -0.183. The lowest BCUT2D eigenvalue weighted by Crippen LogP contribution is -1.93. The molecule has 100 valence electrons. The largest absolute Gasteiger partial charge is 0.454 e. The molecule has 0 amide bonds. The molecule has 2 rings (SSSR count). The smallest absolute Gasteiger partial charge is 0.151 e. The molecule has 2 aromatic carbocycles. The van der Waals surface area contributed by atoms with E-state index in [1.807, 2.05) is 0 Å². The van der Waals surface area contributed by atoms with E-state index in [4.69, 9.17) is 39.5 Å². The van der Waals surface area contributed by atoms with Crippen LogP contribution in [0.4, 0.5) is 0 Å². The zero-order valence-corrected chi connectivity index (χ0v) is 13.3. The Morgan fingerprint density at radius 1 is 1.05 bits per heavy atom. The van der Waals surface area contributed by atoms with E-state index in [1.165, 1.54) is 0 Å². The Hall–Kier alpha value is -0.450. The Morgan fingerprint density at radius 3 is 2.47 bits per heavy atom. The summed E-state index contributed by atoms with van der Waals surface area (Å²) in [5.41, 5.74) is 0.572. The van der Waals surface area contributed by atoms with Crippen LogP contribution in [0.2, 0.25) is 15.1 Å². The van der Waals surface area contributed by atoms with Crippen molar-refractivity contribution in [2.45, 2.75) is 6.61 Å². The Kier molecular flexibility index (Phi) is 4.98. The van der Waals surface area contributed by atoms with Gasteiger partial charge in [0.05, 0.1) is 21.7 Å². The zero-order valence-electron chi connectivity index (χ0n) is 9.46. The molecule has 0 aliphatic rings. The highest BCUT2D eigenvalue weighted by Gasteiger charge is 2.13. The van der Waals surface area contributed by atoms with Crippen LogP contribution in [0.25, 0.3) is 0 Å². The lowest BCUT2D eigenvalue weighted by atomic mass is 10.2. The van der Waals surface area contributed by atoms with Crippen LogP contribution in [0, 0.1) is 0 Å². The van der Waals surface area contributed by atoms with E-state index < -0.39 is 0 Å². The number of para-hydroxylation sites is 1. The predicted octanol–water partition coefficient (Wildman–Crippen LogP) is 5.69. The van der Waals surface area contributed by atoms with Crippen molar-refractivity contribution < 1.29 is 9.84 Å². The summed E-state index contributed by atoms with van der Waals surface area (Å²) in [6.07, 6.45) is 0. The first-order valence-corrected chi connectivity index (χ1v) is 7.16. The third-order valence-electron chi connectivity index (χ3n) is 2.41. The van der Waals surface area contributed by atoms with Crippen LogP contribution >= 0.6 is 50.7 Å². The number of ether oxygens (including phenoxy) is 1. The van der Waals surface area contributed by atoms with Gasteiger partial charge >= 0.3 is 0 Å². The zero-order chi connectivity index (χ0) is 14.0. The summed E-state index contributed by atoms with van der Waals surface area (Å²) < 4.78 is 6.34. The van der Waals surface area contributed by atoms with Crippen molar-refractivity contribution in [1.82, 2.24) is 0 Å². The van der Waals surface area contributed by atoms with Crippen molar-refractivity contribution in [2.24, 2.45) is 0 Å². The maximum atomic E-state index is 9.28. The molecule has 2 nitrogen and oxygen atoms in total. The maximum absolute atomic E-state index is 9.28. The van der Waals surface area contributed by atoms with Gasteiger partial charge in [-0.05, 0) is 28.1 Å². The van der Waals surface area contributed by atoms with Crippen molar-refractivity contribution in [3.63, 3.8) is 0 Å². The molecule has 0 bridgehead atoms. The highest BCUT2D eigenvalue weighted by atomic mass is 79.9. The standard InChI is InChI=1S/C13H8BrCl3O2/c14-8-4-11(17)12(5-10(8)16)19-13-7(6-18)2-1-3-9(13)15/h1-5,18H,6H2. The van der Waals surface area contributed by atoms with Crippen LogP contribution in [-0.4, -0.2) is 5.11 Å². The fourth-order valence-electron chi connectivity index (χ4n) is 1.48. The summed E-state index contributed by atoms with van der Waals surface area (Å²) in [4.78, 5) is 0. The molecule has 0 heterocycles. The molecule has 0 radical (unpaired) electrons. The van der Waals surface area contributed by atoms with Gasteiger partial charge in [0.25, 0.3) is 0 Å². The SMILES string of the molecule is OCc1cccc(Cl)c1Oc1cc(Cl)c(Br)cc1Cl. The maximum Gasteiger partial charge on any atom is 0.151 e. The summed E-state index contributed by atoms with van der Waals surface area (Å²) in [6, 6.07) is 8.34. The molecule has 0 aliphatic heterocycles. The molecule has 0 aliphatic carbocycles. The second kappa shape index (κ2) is 6.33. The number of benzene rings is 2. The van der Waals surface area contributed by atoms with Gasteiger partial charge in [-0.15, -0.1) is 0 Å². The van der Waals surface area contributed by atoms with E-state index in [9.17, 15) is 5.11 Å². The summed E-state index contributed by atoms with van der Waals surface area (Å²) in [5, 5.41) is 10.5. The van der Waals surface area contributed by atoms with Crippen molar-refractivity contribution in [3.05, 3.63) is 55.4 Å². The highest BCUT2D eigenvalue weighted by molar-refractivity contribution is 9.10. The van der Waals surface area contributed by atoms with Gasteiger partial charge in [-0.1, -0.05) is 46.9 Å². The third-order valence-corrected chi connectivity index (χ3v) is 4.20. The molecule has 6 heteroatoms. The van der Waals surface area contributed by atoms with E-state index in [1.54, 1.807) is 30.3 Å². The summed E-state index contributed by atoms with van der Waals surface area (Å²) >= 11 is 21.4. The average Bonchev–Trinajstić information content (AvgIpc) is 2.38. The Labute approximate surface area is 134 Å². The Balaban J connectivity index is 2.44. The molecular formula is C13H8BrCl3O2. The van der Waals surface area contributed by atoms with Gasteiger partial charge in [0, 0.05) is 16.1 Å². The second-order valence-corrected chi connectivity index (χ2v) is 5.76. The highest BCUT2D eigenvalue weighted by Crippen LogP contribution is 2.39. The van der Waals surface area contributed by atoms with E-state index in [0.29, 0.717) is 36.6 Å². The first kappa shape index (κ1) is 14.9. The number of halogens is 4. The van der Waals surface area contributed by atoms with Gasteiger partial charge in [0.2, 0.25) is 0 Å². The Bertz CT molecular complexity index is 617. The number of hydrogen-bond donors (Lipinski definition) is 1. The minimum Gasteiger partial charge on any atom is -0.454 e. The van der Waals surface area contributed by atoms with Crippen LogP contribution in [0.5, 0.6) is 11.5 Å². The molecule has 0 fully saturated rings. The molecule has 2 aromatic rings. The number of aliphatic hydroxyl groups is 1. The fourth-order valence-corrected chi connectivity index (χ4v) is 2.55. The predicted molar refractivity (Wildman–Crippen MR) is 81.6 cm³/mol. The number of hydrogen-bond acceptors (Lipinski definition) is 2. The summed E-state index contributed by atoms with van der Waals surface area (Å²) in [7, 11) is 0. The van der Waals surface area contributed by atoms with Crippen molar-refractivity contribution in [1.29, 1.82) is 0 Å². The van der Waals surface area contributed by atoms with Crippen LogP contribution in [0.1, 0.15) is 5.56 Å². The topological polar surface area (TPSA) is 29.5 Å². The van der Waals surface area contributed by atoms with Crippen LogP contribution in [-0.2, 0) is 6.61 Å². The van der Waals surface area contributed by atoms with Crippen LogP contribution in [0.15, 0.2) is 34.8 Å². The van der Waals surface area contributed by atoms with E-state index in [-0.39, 0.29) is 6.61 Å². The number of aliphatic hydroxyl groups excluding tert-OH is 1. The monoisotopic (exact) mass is 380 g/mol. The molecule has 0 saturated heterocycles. The first-order chi connectivity index (χ1) is 9.02. The Morgan fingerprint density at radius 2 is 1.79 bits per heavy atom. The quantitative estimate of drug-likeness (QED) is 0.691. The second-order valence-electron chi connectivity index (χ2n) is 3.68.